The van der Waals surface area contributed by atoms with E-state index >= 15 is 0 Å². The van der Waals surface area contributed by atoms with E-state index in [0.29, 0.717) is 30.9 Å². The van der Waals surface area contributed by atoms with E-state index in [1.807, 2.05) is 19.9 Å². The van der Waals surface area contributed by atoms with Crippen LogP contribution in [0.2, 0.25) is 0 Å². The average molecular weight is 383 g/mol. The normalized spacial score (nSPS) is 21.1. The Labute approximate surface area is 153 Å². The molecule has 0 radical (unpaired) electrons. The van der Waals surface area contributed by atoms with Crippen LogP contribution in [0.25, 0.3) is 0 Å². The molecule has 3 N–H and O–H groups in total. The van der Waals surface area contributed by atoms with Gasteiger partial charge in [-0.05, 0) is 32.8 Å². The van der Waals surface area contributed by atoms with Crippen LogP contribution in [0.5, 0.6) is 11.5 Å². The number of hydrogen-bond donors (Lipinski definition) is 2. The van der Waals surface area contributed by atoms with E-state index in [4.69, 9.17) is 14.6 Å². The van der Waals surface area contributed by atoms with Crippen molar-refractivity contribution in [1.29, 1.82) is 0 Å². The molecule has 0 saturated carbocycles. The van der Waals surface area contributed by atoms with E-state index in [9.17, 15) is 13.2 Å². The van der Waals surface area contributed by atoms with Gasteiger partial charge in [0.2, 0.25) is 5.91 Å². The summed E-state index contributed by atoms with van der Waals surface area (Å²) in [5.74, 6) is 0.973. The van der Waals surface area contributed by atoms with Crippen LogP contribution in [0.1, 0.15) is 32.3 Å². The van der Waals surface area contributed by atoms with Crippen LogP contribution in [-0.4, -0.2) is 44.4 Å². The van der Waals surface area contributed by atoms with Crippen molar-refractivity contribution in [3.8, 4) is 11.5 Å². The summed E-state index contributed by atoms with van der Waals surface area (Å²) in [4.78, 5) is 12.6. The van der Waals surface area contributed by atoms with E-state index in [1.165, 1.54) is 4.31 Å². The highest BCUT2D eigenvalue weighted by Gasteiger charge is 2.30. The van der Waals surface area contributed by atoms with Gasteiger partial charge in [-0.25, -0.2) is 5.14 Å². The van der Waals surface area contributed by atoms with Crippen LogP contribution in [0.4, 0.5) is 5.69 Å². The molecule has 1 atom stereocenters. The summed E-state index contributed by atoms with van der Waals surface area (Å²) < 4.78 is 35.4. The Morgan fingerprint density at radius 2 is 2.08 bits per heavy atom. The van der Waals surface area contributed by atoms with E-state index in [0.717, 1.165) is 17.7 Å². The number of nitrogens with one attached hydrogen (secondary N) is 1. The van der Waals surface area contributed by atoms with Gasteiger partial charge in [-0.15, -0.1) is 0 Å². The summed E-state index contributed by atoms with van der Waals surface area (Å²) in [6, 6.07) is 3.72. The second kappa shape index (κ2) is 7.42. The van der Waals surface area contributed by atoms with Gasteiger partial charge in [-0.3, -0.25) is 4.79 Å². The minimum atomic E-state index is -3.69. The molecule has 2 aliphatic heterocycles. The van der Waals surface area contributed by atoms with Gasteiger partial charge in [0.1, 0.15) is 17.6 Å². The molecule has 0 spiro atoms. The van der Waals surface area contributed by atoms with Crippen LogP contribution >= 0.6 is 0 Å². The summed E-state index contributed by atoms with van der Waals surface area (Å²) in [7, 11) is -3.69. The number of anilines is 1. The minimum Gasteiger partial charge on any atom is -0.492 e. The fraction of sp³-hybridized carbons (Fsp3) is 0.588. The Morgan fingerprint density at radius 3 is 2.69 bits per heavy atom. The first-order valence-electron chi connectivity index (χ1n) is 8.83. The highest BCUT2D eigenvalue weighted by Crippen LogP contribution is 2.38. The largest absolute Gasteiger partial charge is 0.492 e. The molecule has 0 aromatic heterocycles. The van der Waals surface area contributed by atoms with E-state index < -0.39 is 10.2 Å². The number of amides is 1. The third kappa shape index (κ3) is 4.11. The molecular weight excluding hydrogens is 358 g/mol. The molecule has 2 heterocycles. The van der Waals surface area contributed by atoms with Crippen molar-refractivity contribution >= 4 is 21.8 Å². The predicted molar refractivity (Wildman–Crippen MR) is 97.4 cm³/mol. The number of piperidine rings is 1. The van der Waals surface area contributed by atoms with Crippen LogP contribution in [-0.2, 0) is 21.4 Å². The van der Waals surface area contributed by atoms with Crippen LogP contribution in [0, 0.1) is 5.92 Å². The summed E-state index contributed by atoms with van der Waals surface area (Å²) in [5, 5.41) is 8.06. The standard InChI is InChI=1S/C17H25N3O5S/c1-3-24-16-9-13-8-11(2)25-15(13)10-14(16)19-17(21)12-4-6-20(7-5-12)26(18,22)23/h9-12H,3-8H2,1-2H3,(H,19,21)(H2,18,22,23). The number of carbonyl (C=O) groups is 1. The fourth-order valence-electron chi connectivity index (χ4n) is 3.42. The van der Waals surface area contributed by atoms with Gasteiger partial charge in [0.15, 0.2) is 0 Å². The number of ether oxygens (including phenoxy) is 2. The molecule has 1 saturated heterocycles. The summed E-state index contributed by atoms with van der Waals surface area (Å²) in [6.45, 7) is 4.88. The van der Waals surface area contributed by atoms with Gasteiger partial charge in [-0.1, -0.05) is 0 Å². The van der Waals surface area contributed by atoms with Crippen molar-refractivity contribution < 1.29 is 22.7 Å². The van der Waals surface area contributed by atoms with Crippen LogP contribution < -0.4 is 19.9 Å². The highest BCUT2D eigenvalue weighted by molar-refractivity contribution is 7.86. The minimum absolute atomic E-state index is 0.105. The molecule has 1 aromatic rings. The van der Waals surface area contributed by atoms with Gasteiger partial charge in [-0.2, -0.15) is 12.7 Å². The van der Waals surface area contributed by atoms with Gasteiger partial charge < -0.3 is 14.8 Å². The molecule has 8 nitrogen and oxygen atoms in total. The fourth-order valence-corrected chi connectivity index (χ4v) is 4.14. The predicted octanol–water partition coefficient (Wildman–Crippen LogP) is 1.26. The second-order valence-electron chi connectivity index (χ2n) is 6.73. The first-order chi connectivity index (χ1) is 12.3. The molecule has 144 valence electrons. The third-order valence-electron chi connectivity index (χ3n) is 4.74. The summed E-state index contributed by atoms with van der Waals surface area (Å²) in [5.41, 5.74) is 1.65. The van der Waals surface area contributed by atoms with Crippen molar-refractivity contribution in [3.63, 3.8) is 0 Å². The maximum Gasteiger partial charge on any atom is 0.276 e. The van der Waals surface area contributed by atoms with Crippen LogP contribution in [0.15, 0.2) is 12.1 Å². The zero-order valence-corrected chi connectivity index (χ0v) is 15.8. The SMILES string of the molecule is CCOc1cc2c(cc1NC(=O)C1CCN(S(N)(=O)=O)CC1)OC(C)C2. The zero-order valence-electron chi connectivity index (χ0n) is 15.0. The van der Waals surface area contributed by atoms with Crippen molar-refractivity contribution in [3.05, 3.63) is 17.7 Å². The smallest absolute Gasteiger partial charge is 0.276 e. The van der Waals surface area contributed by atoms with Gasteiger partial charge in [0.25, 0.3) is 10.2 Å². The Hall–Kier alpha value is -1.84. The monoisotopic (exact) mass is 383 g/mol. The first kappa shape index (κ1) is 18.9. The molecule has 3 rings (SSSR count). The number of fused-ring (bicyclic) bond motifs is 1. The molecular formula is C17H25N3O5S. The van der Waals surface area contributed by atoms with Crippen LogP contribution in [0.3, 0.4) is 0 Å². The Kier molecular flexibility index (Phi) is 5.40. The number of benzene rings is 1. The zero-order chi connectivity index (χ0) is 18.9. The Bertz CT molecular complexity index is 788. The molecule has 9 heteroatoms. The van der Waals surface area contributed by atoms with E-state index in [1.54, 1.807) is 6.07 Å². The Balaban J connectivity index is 1.71. The lowest BCUT2D eigenvalue weighted by atomic mass is 9.97. The molecule has 1 fully saturated rings. The van der Waals surface area contributed by atoms with Gasteiger partial charge >= 0.3 is 0 Å². The molecule has 1 aromatic carbocycles. The molecule has 2 aliphatic rings. The number of carbonyl (C=O) groups excluding carboxylic acids is 1. The second-order valence-corrected chi connectivity index (χ2v) is 8.28. The van der Waals surface area contributed by atoms with Crippen molar-refractivity contribution in [2.24, 2.45) is 11.1 Å². The number of rotatable bonds is 5. The first-order valence-corrected chi connectivity index (χ1v) is 10.3. The van der Waals surface area contributed by atoms with Gasteiger partial charge in [0.05, 0.1) is 12.3 Å². The topological polar surface area (TPSA) is 111 Å². The highest BCUT2D eigenvalue weighted by atomic mass is 32.2. The summed E-state index contributed by atoms with van der Waals surface area (Å²) >= 11 is 0. The quantitative estimate of drug-likeness (QED) is 0.795. The lowest BCUT2D eigenvalue weighted by molar-refractivity contribution is -0.120. The lowest BCUT2D eigenvalue weighted by Crippen LogP contribution is -2.44. The van der Waals surface area contributed by atoms with Crippen molar-refractivity contribution in [2.45, 2.75) is 39.2 Å². The van der Waals surface area contributed by atoms with Gasteiger partial charge in [0, 0.05) is 37.1 Å². The number of nitrogens with zero attached hydrogens (tertiary/aromatic N) is 1. The number of hydrogen-bond acceptors (Lipinski definition) is 5. The number of nitrogens with two attached hydrogens (primary N) is 1. The maximum absolute atomic E-state index is 12.6. The van der Waals surface area contributed by atoms with Crippen molar-refractivity contribution in [2.75, 3.05) is 25.0 Å². The maximum atomic E-state index is 12.6. The molecule has 1 amide bonds. The third-order valence-corrected chi connectivity index (χ3v) is 5.83. The van der Waals surface area contributed by atoms with E-state index in [2.05, 4.69) is 5.32 Å². The average Bonchev–Trinajstić information content (AvgIpc) is 2.93. The molecule has 26 heavy (non-hydrogen) atoms. The van der Waals surface area contributed by atoms with E-state index in [-0.39, 0.29) is 31.0 Å². The summed E-state index contributed by atoms with van der Waals surface area (Å²) in [6.07, 6.45) is 1.79. The lowest BCUT2D eigenvalue weighted by Gasteiger charge is -2.29. The molecule has 0 bridgehead atoms. The molecule has 0 aliphatic carbocycles. The molecule has 1 unspecified atom stereocenters. The van der Waals surface area contributed by atoms with Crippen molar-refractivity contribution in [1.82, 2.24) is 4.31 Å². The Morgan fingerprint density at radius 1 is 1.38 bits per heavy atom.